The van der Waals surface area contributed by atoms with Crippen LogP contribution in [0.25, 0.3) is 0 Å². The number of carbonyl (C=O) groups is 3. The van der Waals surface area contributed by atoms with Crippen LogP contribution in [0.5, 0.6) is 5.75 Å². The number of carboxylic acid groups (broad SMARTS) is 1. The van der Waals surface area contributed by atoms with Crippen LogP contribution in [-0.2, 0) is 16.0 Å². The normalized spacial score (nSPS) is 12.9. The first kappa shape index (κ1) is 20.4. The summed E-state index contributed by atoms with van der Waals surface area (Å²) in [6, 6.07) is 8.92. The van der Waals surface area contributed by atoms with E-state index in [9.17, 15) is 14.4 Å². The smallest absolute Gasteiger partial charge is 0.341 e. The van der Waals surface area contributed by atoms with E-state index in [2.05, 4.69) is 5.32 Å². The van der Waals surface area contributed by atoms with Crippen LogP contribution in [0.1, 0.15) is 40.4 Å². The Morgan fingerprint density at radius 3 is 2.45 bits per heavy atom. The van der Waals surface area contributed by atoms with Crippen molar-refractivity contribution >= 4 is 29.2 Å². The highest BCUT2D eigenvalue weighted by Gasteiger charge is 2.20. The number of ether oxygens (including phenoxy) is 1. The zero-order valence-electron chi connectivity index (χ0n) is 16.7. The number of fused-ring (bicyclic) bond motifs is 1. The van der Waals surface area contributed by atoms with Crippen LogP contribution >= 0.6 is 0 Å². The van der Waals surface area contributed by atoms with Crippen LogP contribution in [0.2, 0.25) is 0 Å². The molecule has 7 nitrogen and oxygen atoms in total. The van der Waals surface area contributed by atoms with Crippen molar-refractivity contribution < 1.29 is 24.2 Å². The minimum absolute atomic E-state index is 0.0129. The van der Waals surface area contributed by atoms with Gasteiger partial charge < -0.3 is 20.1 Å². The highest BCUT2D eigenvalue weighted by Crippen LogP contribution is 2.30. The van der Waals surface area contributed by atoms with Crippen molar-refractivity contribution in [1.82, 2.24) is 0 Å². The molecule has 0 saturated heterocycles. The number of anilines is 2. The van der Waals surface area contributed by atoms with Gasteiger partial charge in [-0.25, -0.2) is 4.79 Å². The molecule has 2 aromatic rings. The van der Waals surface area contributed by atoms with Gasteiger partial charge in [-0.15, -0.1) is 0 Å². The number of nitrogens with zero attached hydrogens (tertiary/aromatic N) is 1. The molecule has 0 fully saturated rings. The van der Waals surface area contributed by atoms with Crippen molar-refractivity contribution in [3.05, 3.63) is 52.6 Å². The molecule has 0 saturated carbocycles. The summed E-state index contributed by atoms with van der Waals surface area (Å²) in [6.45, 7) is 5.38. The lowest BCUT2D eigenvalue weighted by Crippen LogP contribution is -2.33. The molecule has 0 spiro atoms. The molecule has 29 heavy (non-hydrogen) atoms. The van der Waals surface area contributed by atoms with Gasteiger partial charge in [0.05, 0.1) is 0 Å². The lowest BCUT2D eigenvalue weighted by atomic mass is 10.0. The van der Waals surface area contributed by atoms with E-state index in [4.69, 9.17) is 9.84 Å². The summed E-state index contributed by atoms with van der Waals surface area (Å²) >= 11 is 0. The van der Waals surface area contributed by atoms with Gasteiger partial charge in [-0.05, 0) is 73.7 Å². The number of rotatable bonds is 5. The van der Waals surface area contributed by atoms with E-state index in [0.717, 1.165) is 24.1 Å². The average molecular weight is 396 g/mol. The molecular formula is C22H24N2O5. The molecule has 0 aromatic heterocycles. The molecule has 0 bridgehead atoms. The summed E-state index contributed by atoms with van der Waals surface area (Å²) in [5.74, 6) is -0.831. The Morgan fingerprint density at radius 1 is 1.14 bits per heavy atom. The van der Waals surface area contributed by atoms with Crippen LogP contribution in [0.3, 0.4) is 0 Å². The summed E-state index contributed by atoms with van der Waals surface area (Å²) < 4.78 is 5.31. The molecule has 0 atom stereocenters. The Balaban J connectivity index is 1.78. The fourth-order valence-electron chi connectivity index (χ4n) is 3.65. The minimum Gasteiger partial charge on any atom is -0.481 e. The molecule has 152 valence electrons. The van der Waals surface area contributed by atoms with E-state index in [1.807, 2.05) is 12.1 Å². The minimum atomic E-state index is -1.05. The monoisotopic (exact) mass is 396 g/mol. The van der Waals surface area contributed by atoms with Crippen LogP contribution in [0.15, 0.2) is 30.3 Å². The van der Waals surface area contributed by atoms with Gasteiger partial charge in [0, 0.05) is 30.4 Å². The second kappa shape index (κ2) is 8.34. The number of hydrogen-bond acceptors (Lipinski definition) is 4. The molecule has 1 aliphatic rings. The zero-order chi connectivity index (χ0) is 21.1. The second-order valence-electron chi connectivity index (χ2n) is 7.19. The molecule has 3 rings (SSSR count). The molecule has 2 amide bonds. The predicted octanol–water partition coefficient (Wildman–Crippen LogP) is 3.32. The summed E-state index contributed by atoms with van der Waals surface area (Å²) in [5, 5.41) is 11.7. The van der Waals surface area contributed by atoms with Crippen molar-refractivity contribution in [1.29, 1.82) is 0 Å². The Kier molecular flexibility index (Phi) is 5.87. The van der Waals surface area contributed by atoms with E-state index >= 15 is 0 Å². The largest absolute Gasteiger partial charge is 0.481 e. The number of hydrogen-bond donors (Lipinski definition) is 2. The van der Waals surface area contributed by atoms with Crippen molar-refractivity contribution in [3.8, 4) is 5.75 Å². The first-order valence-electron chi connectivity index (χ1n) is 9.44. The SMILES string of the molecule is CC(=O)N1CCCc2cc(NC(=O)c3cc(C)c(OCC(=O)O)c(C)c3)ccc21. The van der Waals surface area contributed by atoms with E-state index in [1.165, 1.54) is 0 Å². The number of benzene rings is 2. The maximum absolute atomic E-state index is 12.7. The molecular weight excluding hydrogens is 372 g/mol. The van der Waals surface area contributed by atoms with E-state index in [1.54, 1.807) is 43.9 Å². The Labute approximate surface area is 169 Å². The first-order valence-corrected chi connectivity index (χ1v) is 9.44. The second-order valence-corrected chi connectivity index (χ2v) is 7.19. The molecule has 2 aromatic carbocycles. The van der Waals surface area contributed by atoms with Gasteiger partial charge >= 0.3 is 5.97 Å². The van der Waals surface area contributed by atoms with Gasteiger partial charge in [0.15, 0.2) is 6.61 Å². The number of amides is 2. The Hall–Kier alpha value is -3.35. The lowest BCUT2D eigenvalue weighted by Gasteiger charge is -2.29. The summed E-state index contributed by atoms with van der Waals surface area (Å²) in [5.41, 5.74) is 4.45. The van der Waals surface area contributed by atoms with Crippen molar-refractivity contribution in [2.45, 2.75) is 33.6 Å². The highest BCUT2D eigenvalue weighted by atomic mass is 16.5. The molecule has 0 radical (unpaired) electrons. The molecule has 7 heteroatoms. The third kappa shape index (κ3) is 4.56. The van der Waals surface area contributed by atoms with Crippen LogP contribution in [0.4, 0.5) is 11.4 Å². The Morgan fingerprint density at radius 2 is 1.83 bits per heavy atom. The number of carboxylic acids is 1. The number of nitrogens with one attached hydrogen (secondary N) is 1. The fourth-order valence-corrected chi connectivity index (χ4v) is 3.65. The first-order chi connectivity index (χ1) is 13.8. The summed E-state index contributed by atoms with van der Waals surface area (Å²) in [7, 11) is 0. The number of aliphatic carboxylic acids is 1. The third-order valence-electron chi connectivity index (χ3n) is 4.90. The third-order valence-corrected chi connectivity index (χ3v) is 4.90. The molecule has 0 aliphatic carbocycles. The zero-order valence-corrected chi connectivity index (χ0v) is 16.7. The van der Waals surface area contributed by atoms with Gasteiger partial charge in [0.1, 0.15) is 5.75 Å². The summed E-state index contributed by atoms with van der Waals surface area (Å²) in [4.78, 5) is 37.0. The maximum atomic E-state index is 12.7. The van der Waals surface area contributed by atoms with E-state index in [0.29, 0.717) is 34.7 Å². The standard InChI is InChI=1S/C22H24N2O5/c1-13-9-17(10-14(2)21(13)29-12-20(26)27)22(28)23-18-6-7-19-16(11-18)5-4-8-24(19)15(3)25/h6-7,9-11H,4-5,8,12H2,1-3H3,(H,23,28)(H,26,27). The average Bonchev–Trinajstić information content (AvgIpc) is 2.66. The van der Waals surface area contributed by atoms with E-state index < -0.39 is 12.6 Å². The maximum Gasteiger partial charge on any atom is 0.341 e. The van der Waals surface area contributed by atoms with E-state index in [-0.39, 0.29) is 11.8 Å². The number of aryl methyl sites for hydroxylation is 3. The van der Waals surface area contributed by atoms with Gasteiger partial charge in [0.25, 0.3) is 5.91 Å². The van der Waals surface area contributed by atoms with Crippen molar-refractivity contribution in [2.75, 3.05) is 23.4 Å². The topological polar surface area (TPSA) is 95.9 Å². The highest BCUT2D eigenvalue weighted by molar-refractivity contribution is 6.05. The quantitative estimate of drug-likeness (QED) is 0.808. The van der Waals surface area contributed by atoms with Crippen molar-refractivity contribution in [3.63, 3.8) is 0 Å². The Bertz CT molecular complexity index is 960. The fraction of sp³-hybridized carbons (Fsp3) is 0.318. The molecule has 1 aliphatic heterocycles. The predicted molar refractivity (Wildman–Crippen MR) is 110 cm³/mol. The molecule has 1 heterocycles. The number of carbonyl (C=O) groups excluding carboxylic acids is 2. The lowest BCUT2D eigenvalue weighted by molar-refractivity contribution is -0.139. The van der Waals surface area contributed by atoms with Gasteiger partial charge in [0.2, 0.25) is 5.91 Å². The molecule has 2 N–H and O–H groups in total. The van der Waals surface area contributed by atoms with Crippen LogP contribution in [0, 0.1) is 13.8 Å². The summed E-state index contributed by atoms with van der Waals surface area (Å²) in [6.07, 6.45) is 1.75. The van der Waals surface area contributed by atoms with Crippen LogP contribution in [-0.4, -0.2) is 36.0 Å². The van der Waals surface area contributed by atoms with Crippen molar-refractivity contribution in [2.24, 2.45) is 0 Å². The van der Waals surface area contributed by atoms with Gasteiger partial charge in [-0.3, -0.25) is 9.59 Å². The van der Waals surface area contributed by atoms with Gasteiger partial charge in [-0.2, -0.15) is 0 Å². The van der Waals surface area contributed by atoms with Gasteiger partial charge in [-0.1, -0.05) is 0 Å². The molecule has 0 unspecified atom stereocenters. The van der Waals surface area contributed by atoms with Crippen LogP contribution < -0.4 is 15.0 Å².